The second kappa shape index (κ2) is 5.42. The number of nitrogen functional groups attached to an aromatic ring is 1. The Morgan fingerprint density at radius 3 is 2.55 bits per heavy atom. The Balaban J connectivity index is 2.23. The van der Waals surface area contributed by atoms with Crippen molar-refractivity contribution in [3.8, 4) is 22.4 Å². The highest BCUT2D eigenvalue weighted by molar-refractivity contribution is 9.10. The van der Waals surface area contributed by atoms with Crippen molar-refractivity contribution in [2.24, 2.45) is 0 Å². The molecular formula is C15H11Br2N3. The minimum absolute atomic E-state index is 0.492. The number of halogens is 2. The molecule has 0 radical (unpaired) electrons. The number of benzene rings is 2. The lowest BCUT2D eigenvalue weighted by molar-refractivity contribution is 1.10. The predicted octanol–water partition coefficient (Wildman–Crippen LogP) is 4.85. The topological polar surface area (TPSA) is 54.7 Å². The lowest BCUT2D eigenvalue weighted by atomic mass is 10.0. The number of hydrogen-bond donors (Lipinski definition) is 2. The summed E-state index contributed by atoms with van der Waals surface area (Å²) in [4.78, 5) is 0. The van der Waals surface area contributed by atoms with Gasteiger partial charge in [-0.2, -0.15) is 5.10 Å². The maximum absolute atomic E-state index is 6.04. The van der Waals surface area contributed by atoms with E-state index in [2.05, 4.69) is 42.1 Å². The Morgan fingerprint density at radius 1 is 1.00 bits per heavy atom. The van der Waals surface area contributed by atoms with Crippen LogP contribution in [0.25, 0.3) is 22.4 Å². The van der Waals surface area contributed by atoms with E-state index in [1.807, 2.05) is 48.5 Å². The van der Waals surface area contributed by atoms with Gasteiger partial charge in [-0.1, -0.05) is 62.2 Å². The van der Waals surface area contributed by atoms with E-state index in [1.54, 1.807) is 0 Å². The van der Waals surface area contributed by atoms with Crippen molar-refractivity contribution in [1.82, 2.24) is 10.2 Å². The third kappa shape index (κ3) is 2.39. The van der Waals surface area contributed by atoms with Crippen molar-refractivity contribution in [3.05, 3.63) is 57.5 Å². The normalized spacial score (nSPS) is 10.7. The number of hydrogen-bond acceptors (Lipinski definition) is 2. The molecular weight excluding hydrogens is 382 g/mol. The summed E-state index contributed by atoms with van der Waals surface area (Å²) in [6.07, 6.45) is 0. The molecule has 0 unspecified atom stereocenters. The van der Waals surface area contributed by atoms with Crippen LogP contribution >= 0.6 is 31.9 Å². The highest BCUT2D eigenvalue weighted by atomic mass is 79.9. The molecule has 0 aliphatic rings. The van der Waals surface area contributed by atoms with Crippen molar-refractivity contribution >= 4 is 37.7 Å². The highest BCUT2D eigenvalue weighted by Gasteiger charge is 2.16. The zero-order chi connectivity index (χ0) is 14.1. The maximum Gasteiger partial charge on any atom is 0.153 e. The summed E-state index contributed by atoms with van der Waals surface area (Å²) in [5.74, 6) is 0.492. The van der Waals surface area contributed by atoms with Crippen LogP contribution in [0.15, 0.2) is 57.5 Å². The molecule has 1 heterocycles. The molecule has 0 amide bonds. The summed E-state index contributed by atoms with van der Waals surface area (Å²) in [5, 5.41) is 7.18. The van der Waals surface area contributed by atoms with E-state index in [-0.39, 0.29) is 0 Å². The number of nitrogens with one attached hydrogen (secondary N) is 1. The van der Waals surface area contributed by atoms with Gasteiger partial charge in [0.1, 0.15) is 0 Å². The minimum Gasteiger partial charge on any atom is -0.382 e. The molecule has 0 atom stereocenters. The van der Waals surface area contributed by atoms with Crippen LogP contribution in [-0.2, 0) is 0 Å². The first kappa shape index (κ1) is 13.4. The largest absolute Gasteiger partial charge is 0.382 e. The van der Waals surface area contributed by atoms with Gasteiger partial charge in [0.05, 0.1) is 11.3 Å². The molecule has 3 nitrogen and oxygen atoms in total. The molecule has 0 saturated heterocycles. The Labute approximate surface area is 133 Å². The summed E-state index contributed by atoms with van der Waals surface area (Å²) in [7, 11) is 0. The average molecular weight is 393 g/mol. The molecule has 100 valence electrons. The van der Waals surface area contributed by atoms with Gasteiger partial charge >= 0.3 is 0 Å². The zero-order valence-corrected chi connectivity index (χ0v) is 13.6. The van der Waals surface area contributed by atoms with Gasteiger partial charge in [-0.25, -0.2) is 0 Å². The van der Waals surface area contributed by atoms with Gasteiger partial charge in [0, 0.05) is 20.1 Å². The fraction of sp³-hybridized carbons (Fsp3) is 0. The molecule has 0 spiro atoms. The highest BCUT2D eigenvalue weighted by Crippen LogP contribution is 2.38. The van der Waals surface area contributed by atoms with E-state index in [1.165, 1.54) is 0 Å². The Morgan fingerprint density at radius 2 is 1.80 bits per heavy atom. The third-order valence-corrected chi connectivity index (χ3v) is 4.24. The first-order valence-electron chi connectivity index (χ1n) is 6.01. The molecule has 3 rings (SSSR count). The molecule has 1 aromatic heterocycles. The summed E-state index contributed by atoms with van der Waals surface area (Å²) < 4.78 is 2.01. The predicted molar refractivity (Wildman–Crippen MR) is 89.3 cm³/mol. The second-order valence-electron chi connectivity index (χ2n) is 4.35. The summed E-state index contributed by atoms with van der Waals surface area (Å²) >= 11 is 7.05. The molecule has 0 aliphatic carbocycles. The van der Waals surface area contributed by atoms with Gasteiger partial charge in [-0.15, -0.1) is 0 Å². The summed E-state index contributed by atoms with van der Waals surface area (Å²) in [6, 6.07) is 16.0. The molecule has 5 heteroatoms. The minimum atomic E-state index is 0.492. The van der Waals surface area contributed by atoms with Gasteiger partial charge in [0.15, 0.2) is 5.82 Å². The van der Waals surface area contributed by atoms with Gasteiger partial charge < -0.3 is 5.73 Å². The number of H-pyrrole nitrogens is 1. The lowest BCUT2D eigenvalue weighted by Crippen LogP contribution is -1.89. The van der Waals surface area contributed by atoms with Crippen molar-refractivity contribution in [2.75, 3.05) is 5.73 Å². The van der Waals surface area contributed by atoms with Crippen molar-refractivity contribution < 1.29 is 0 Å². The number of aromatic amines is 1. The van der Waals surface area contributed by atoms with E-state index in [0.717, 1.165) is 31.3 Å². The molecule has 0 saturated carbocycles. The van der Waals surface area contributed by atoms with E-state index in [9.17, 15) is 0 Å². The van der Waals surface area contributed by atoms with Crippen LogP contribution < -0.4 is 5.73 Å². The Hall–Kier alpha value is -1.59. The second-order valence-corrected chi connectivity index (χ2v) is 6.12. The molecule has 2 aromatic carbocycles. The van der Waals surface area contributed by atoms with E-state index >= 15 is 0 Å². The number of aromatic nitrogens is 2. The van der Waals surface area contributed by atoms with Crippen LogP contribution in [-0.4, -0.2) is 10.2 Å². The molecule has 0 bridgehead atoms. The number of rotatable bonds is 2. The maximum atomic E-state index is 6.04. The summed E-state index contributed by atoms with van der Waals surface area (Å²) in [6.45, 7) is 0. The van der Waals surface area contributed by atoms with Crippen molar-refractivity contribution in [3.63, 3.8) is 0 Å². The fourth-order valence-electron chi connectivity index (χ4n) is 2.15. The SMILES string of the molecule is Nc1n[nH]c(-c2cccc(Br)c2)c1-c1ccccc1Br. The van der Waals surface area contributed by atoms with Gasteiger partial charge in [-0.3, -0.25) is 5.10 Å². The average Bonchev–Trinajstić information content (AvgIpc) is 2.81. The first-order valence-corrected chi connectivity index (χ1v) is 7.60. The Bertz CT molecular complexity index is 765. The number of anilines is 1. The quantitative estimate of drug-likeness (QED) is 0.654. The van der Waals surface area contributed by atoms with Crippen LogP contribution in [0.3, 0.4) is 0 Å². The van der Waals surface area contributed by atoms with Crippen molar-refractivity contribution in [1.29, 1.82) is 0 Å². The number of nitrogens with zero attached hydrogens (tertiary/aromatic N) is 1. The smallest absolute Gasteiger partial charge is 0.153 e. The lowest BCUT2D eigenvalue weighted by Gasteiger charge is -2.07. The van der Waals surface area contributed by atoms with Gasteiger partial charge in [0.2, 0.25) is 0 Å². The van der Waals surface area contributed by atoms with Crippen molar-refractivity contribution in [2.45, 2.75) is 0 Å². The molecule has 3 aromatic rings. The number of nitrogens with two attached hydrogens (primary N) is 1. The zero-order valence-electron chi connectivity index (χ0n) is 10.4. The van der Waals surface area contributed by atoms with Crippen LogP contribution in [0, 0.1) is 0 Å². The van der Waals surface area contributed by atoms with Crippen LogP contribution in [0.4, 0.5) is 5.82 Å². The molecule has 20 heavy (non-hydrogen) atoms. The van der Waals surface area contributed by atoms with Crippen LogP contribution in [0.5, 0.6) is 0 Å². The molecule has 0 fully saturated rings. The Kier molecular flexibility index (Phi) is 3.63. The first-order chi connectivity index (χ1) is 9.66. The third-order valence-electron chi connectivity index (χ3n) is 3.05. The molecule has 0 aliphatic heterocycles. The van der Waals surface area contributed by atoms with E-state index < -0.39 is 0 Å². The van der Waals surface area contributed by atoms with Gasteiger partial charge in [0.25, 0.3) is 0 Å². The van der Waals surface area contributed by atoms with Crippen LogP contribution in [0.2, 0.25) is 0 Å². The van der Waals surface area contributed by atoms with E-state index in [4.69, 9.17) is 5.73 Å². The fourth-order valence-corrected chi connectivity index (χ4v) is 3.03. The van der Waals surface area contributed by atoms with E-state index in [0.29, 0.717) is 5.82 Å². The molecule has 3 N–H and O–H groups in total. The van der Waals surface area contributed by atoms with Crippen LogP contribution in [0.1, 0.15) is 0 Å². The van der Waals surface area contributed by atoms with Gasteiger partial charge in [-0.05, 0) is 18.2 Å². The monoisotopic (exact) mass is 391 g/mol. The standard InChI is InChI=1S/C15H11Br2N3/c16-10-5-3-4-9(8-10)14-13(15(18)20-19-14)11-6-1-2-7-12(11)17/h1-8H,(H3,18,19,20). The summed E-state index contributed by atoms with van der Waals surface area (Å²) in [5.41, 5.74) is 9.93.